The van der Waals surface area contributed by atoms with Crippen LogP contribution in [0, 0.1) is 5.82 Å². The zero-order chi connectivity index (χ0) is 16.4. The molecule has 2 heterocycles. The van der Waals surface area contributed by atoms with Gasteiger partial charge in [0.2, 0.25) is 0 Å². The monoisotopic (exact) mass is 332 g/mol. The fourth-order valence-corrected chi connectivity index (χ4v) is 3.31. The molecule has 2 aromatic heterocycles. The number of aliphatic hydroxyl groups excluding tert-OH is 1. The third-order valence-electron chi connectivity index (χ3n) is 3.54. The number of nitrogens with zero attached hydrogens (tertiary/aromatic N) is 1. The van der Waals surface area contributed by atoms with Crippen LogP contribution in [-0.4, -0.2) is 28.2 Å². The second-order valence-corrected chi connectivity index (χ2v) is 6.42. The third kappa shape index (κ3) is 3.43. The van der Waals surface area contributed by atoms with E-state index in [1.807, 2.05) is 28.1 Å². The molecule has 0 spiro atoms. The van der Waals surface area contributed by atoms with Crippen LogP contribution in [0.15, 0.2) is 41.8 Å². The second-order valence-electron chi connectivity index (χ2n) is 5.47. The van der Waals surface area contributed by atoms with Crippen LogP contribution in [0.1, 0.15) is 23.0 Å². The molecule has 120 valence electrons. The Hall–Kier alpha value is -2.18. The zero-order valence-corrected chi connectivity index (χ0v) is 13.4. The Morgan fingerprint density at radius 3 is 2.96 bits per heavy atom. The Bertz CT molecular complexity index is 838. The van der Waals surface area contributed by atoms with Crippen LogP contribution >= 0.6 is 11.3 Å². The SMILES string of the molecule is CC(O)CNC(=O)c1cc2sccc2n1Cc1cccc(F)c1. The van der Waals surface area contributed by atoms with Crippen LogP contribution in [0.3, 0.4) is 0 Å². The number of hydrogen-bond acceptors (Lipinski definition) is 3. The van der Waals surface area contributed by atoms with Crippen molar-refractivity contribution in [2.75, 3.05) is 6.54 Å². The molecule has 6 heteroatoms. The summed E-state index contributed by atoms with van der Waals surface area (Å²) in [5.74, 6) is -0.540. The quantitative estimate of drug-likeness (QED) is 0.755. The molecule has 0 bridgehead atoms. The number of carbonyl (C=O) groups is 1. The molecule has 0 aliphatic rings. The smallest absolute Gasteiger partial charge is 0.268 e. The molecule has 0 saturated heterocycles. The summed E-state index contributed by atoms with van der Waals surface area (Å²) in [4.78, 5) is 12.4. The maximum absolute atomic E-state index is 13.4. The maximum atomic E-state index is 13.4. The zero-order valence-electron chi connectivity index (χ0n) is 12.6. The minimum atomic E-state index is -0.605. The number of benzene rings is 1. The lowest BCUT2D eigenvalue weighted by Gasteiger charge is -2.12. The van der Waals surface area contributed by atoms with E-state index in [0.717, 1.165) is 15.8 Å². The summed E-state index contributed by atoms with van der Waals surface area (Å²) < 4.78 is 16.3. The molecule has 0 aliphatic carbocycles. The first kappa shape index (κ1) is 15.7. The largest absolute Gasteiger partial charge is 0.392 e. The summed E-state index contributed by atoms with van der Waals surface area (Å²) in [7, 11) is 0. The molecule has 0 aliphatic heterocycles. The van der Waals surface area contributed by atoms with E-state index in [4.69, 9.17) is 0 Å². The highest BCUT2D eigenvalue weighted by atomic mass is 32.1. The van der Waals surface area contributed by atoms with E-state index in [0.29, 0.717) is 12.2 Å². The molecule has 2 N–H and O–H groups in total. The maximum Gasteiger partial charge on any atom is 0.268 e. The first-order valence-corrected chi connectivity index (χ1v) is 8.20. The molecule has 23 heavy (non-hydrogen) atoms. The second kappa shape index (κ2) is 6.52. The van der Waals surface area contributed by atoms with Crippen molar-refractivity contribution in [3.8, 4) is 0 Å². The van der Waals surface area contributed by atoms with Gasteiger partial charge in [0.05, 0.1) is 16.3 Å². The van der Waals surface area contributed by atoms with Gasteiger partial charge >= 0.3 is 0 Å². The van der Waals surface area contributed by atoms with Gasteiger partial charge in [-0.15, -0.1) is 11.3 Å². The first-order chi connectivity index (χ1) is 11.0. The van der Waals surface area contributed by atoms with Crippen molar-refractivity contribution in [2.24, 2.45) is 0 Å². The average Bonchev–Trinajstić information content (AvgIpc) is 3.07. The van der Waals surface area contributed by atoms with E-state index < -0.39 is 6.10 Å². The van der Waals surface area contributed by atoms with Gasteiger partial charge in [-0.25, -0.2) is 4.39 Å². The summed E-state index contributed by atoms with van der Waals surface area (Å²) in [5, 5.41) is 14.0. The lowest BCUT2D eigenvalue weighted by molar-refractivity contribution is 0.0915. The molecule has 0 saturated carbocycles. The Morgan fingerprint density at radius 1 is 1.39 bits per heavy atom. The summed E-state index contributed by atoms with van der Waals surface area (Å²) in [6.07, 6.45) is -0.605. The average molecular weight is 332 g/mol. The molecule has 3 rings (SSSR count). The Labute approximate surface area is 137 Å². The van der Waals surface area contributed by atoms with Gasteiger partial charge in [-0.3, -0.25) is 4.79 Å². The van der Waals surface area contributed by atoms with E-state index in [9.17, 15) is 14.3 Å². The van der Waals surface area contributed by atoms with Gasteiger partial charge in [0.25, 0.3) is 5.91 Å². The van der Waals surface area contributed by atoms with E-state index in [2.05, 4.69) is 5.32 Å². The lowest BCUT2D eigenvalue weighted by Crippen LogP contribution is -2.32. The van der Waals surface area contributed by atoms with Crippen LogP contribution in [0.5, 0.6) is 0 Å². The number of rotatable bonds is 5. The number of nitrogens with one attached hydrogen (secondary N) is 1. The predicted octanol–water partition coefficient (Wildman–Crippen LogP) is 3.00. The number of carbonyl (C=O) groups excluding carboxylic acids is 1. The summed E-state index contributed by atoms with van der Waals surface area (Å²) in [6.45, 7) is 2.22. The molecule has 1 amide bonds. The number of amides is 1. The van der Waals surface area contributed by atoms with Crippen LogP contribution in [0.2, 0.25) is 0 Å². The number of hydrogen-bond donors (Lipinski definition) is 2. The Balaban J connectivity index is 1.95. The van der Waals surface area contributed by atoms with Crippen LogP contribution in [0.4, 0.5) is 4.39 Å². The lowest BCUT2D eigenvalue weighted by atomic mass is 10.2. The van der Waals surface area contributed by atoms with E-state index in [1.165, 1.54) is 12.1 Å². The van der Waals surface area contributed by atoms with E-state index >= 15 is 0 Å². The van der Waals surface area contributed by atoms with E-state index in [-0.39, 0.29) is 18.3 Å². The van der Waals surface area contributed by atoms with Gasteiger partial charge in [0.1, 0.15) is 11.5 Å². The molecule has 0 radical (unpaired) electrons. The van der Waals surface area contributed by atoms with Crippen molar-refractivity contribution in [2.45, 2.75) is 19.6 Å². The van der Waals surface area contributed by atoms with Gasteiger partial charge in [0.15, 0.2) is 0 Å². The molecule has 0 fully saturated rings. The van der Waals surface area contributed by atoms with Crippen molar-refractivity contribution in [1.82, 2.24) is 9.88 Å². The van der Waals surface area contributed by atoms with E-state index in [1.54, 1.807) is 24.3 Å². The highest BCUT2D eigenvalue weighted by Crippen LogP contribution is 2.26. The topological polar surface area (TPSA) is 54.3 Å². The molecule has 4 nitrogen and oxygen atoms in total. The van der Waals surface area contributed by atoms with Gasteiger partial charge < -0.3 is 15.0 Å². The molecule has 1 atom stereocenters. The normalized spacial score (nSPS) is 12.5. The number of aliphatic hydroxyl groups is 1. The number of thiophene rings is 1. The van der Waals surface area contributed by atoms with Gasteiger partial charge in [-0.05, 0) is 42.1 Å². The van der Waals surface area contributed by atoms with Crippen molar-refractivity contribution in [1.29, 1.82) is 0 Å². The third-order valence-corrected chi connectivity index (χ3v) is 4.40. The van der Waals surface area contributed by atoms with Crippen molar-refractivity contribution < 1.29 is 14.3 Å². The molecule has 1 unspecified atom stereocenters. The Morgan fingerprint density at radius 2 is 2.22 bits per heavy atom. The molecular formula is C17H17FN2O2S. The highest BCUT2D eigenvalue weighted by Gasteiger charge is 2.17. The van der Waals surface area contributed by atoms with Crippen molar-refractivity contribution in [3.63, 3.8) is 0 Å². The first-order valence-electron chi connectivity index (χ1n) is 7.32. The van der Waals surface area contributed by atoms with Crippen LogP contribution in [-0.2, 0) is 6.54 Å². The molecular weight excluding hydrogens is 315 g/mol. The van der Waals surface area contributed by atoms with Crippen molar-refractivity contribution >= 4 is 27.5 Å². The molecule has 1 aromatic carbocycles. The number of fused-ring (bicyclic) bond motifs is 1. The van der Waals surface area contributed by atoms with Gasteiger partial charge in [-0.2, -0.15) is 0 Å². The van der Waals surface area contributed by atoms with Crippen LogP contribution in [0.25, 0.3) is 10.2 Å². The minimum absolute atomic E-state index is 0.192. The van der Waals surface area contributed by atoms with Gasteiger partial charge in [-0.1, -0.05) is 12.1 Å². The Kier molecular flexibility index (Phi) is 4.45. The fourth-order valence-electron chi connectivity index (χ4n) is 2.48. The number of aromatic nitrogens is 1. The van der Waals surface area contributed by atoms with Gasteiger partial charge in [0, 0.05) is 13.1 Å². The summed E-state index contributed by atoms with van der Waals surface area (Å²) in [6, 6.07) is 10.1. The standard InChI is InChI=1S/C17H17FN2O2S/c1-11(21)9-19-17(22)15-8-16-14(5-6-23-16)20(15)10-12-3-2-4-13(18)7-12/h2-8,11,21H,9-10H2,1H3,(H,19,22). The summed E-state index contributed by atoms with van der Waals surface area (Å²) in [5.41, 5.74) is 2.25. The van der Waals surface area contributed by atoms with Crippen molar-refractivity contribution in [3.05, 3.63) is 58.9 Å². The van der Waals surface area contributed by atoms with Crippen LogP contribution < -0.4 is 5.32 Å². The molecule has 3 aromatic rings. The fraction of sp³-hybridized carbons (Fsp3) is 0.235. The highest BCUT2D eigenvalue weighted by molar-refractivity contribution is 7.17. The minimum Gasteiger partial charge on any atom is -0.392 e. The summed E-state index contributed by atoms with van der Waals surface area (Å²) >= 11 is 1.55. The number of halogens is 1. The predicted molar refractivity (Wildman–Crippen MR) is 89.3 cm³/mol.